The number of nitrogens with zero attached hydrogens (tertiary/aromatic N) is 3. The summed E-state index contributed by atoms with van der Waals surface area (Å²) in [6.07, 6.45) is 3.82. The third kappa shape index (κ3) is 3.68. The topological polar surface area (TPSA) is 33.1 Å². The van der Waals surface area contributed by atoms with Gasteiger partial charge in [-0.05, 0) is 26.6 Å². The molecule has 0 saturated carbocycles. The van der Waals surface area contributed by atoms with Crippen LogP contribution in [0, 0.1) is 0 Å². The van der Waals surface area contributed by atoms with Crippen molar-refractivity contribution < 1.29 is 0 Å². The molecular weight excluding hydrogens is 248 g/mol. The van der Waals surface area contributed by atoms with Gasteiger partial charge < -0.3 is 14.8 Å². The van der Waals surface area contributed by atoms with Crippen LogP contribution in [0.25, 0.3) is 0 Å². The normalized spacial score (nSPS) is 12.8. The van der Waals surface area contributed by atoms with E-state index in [2.05, 4.69) is 71.1 Å². The van der Waals surface area contributed by atoms with Crippen LogP contribution in [-0.4, -0.2) is 35.1 Å². The summed E-state index contributed by atoms with van der Waals surface area (Å²) in [6, 6.07) is 11.0. The van der Waals surface area contributed by atoms with E-state index < -0.39 is 0 Å². The van der Waals surface area contributed by atoms with E-state index in [-0.39, 0.29) is 0 Å². The van der Waals surface area contributed by atoms with Crippen LogP contribution in [0.3, 0.4) is 0 Å². The maximum absolute atomic E-state index is 4.20. The summed E-state index contributed by atoms with van der Waals surface area (Å²) in [5, 5.41) is 3.54. The van der Waals surface area contributed by atoms with Gasteiger partial charge in [-0.3, -0.25) is 0 Å². The summed E-state index contributed by atoms with van der Waals surface area (Å²) in [5.74, 6) is 0. The van der Waals surface area contributed by atoms with E-state index in [1.54, 1.807) is 0 Å². The average Bonchev–Trinajstić information content (AvgIpc) is 2.91. The van der Waals surface area contributed by atoms with Crippen molar-refractivity contribution in [1.82, 2.24) is 19.8 Å². The van der Waals surface area contributed by atoms with Crippen molar-refractivity contribution in [2.24, 2.45) is 0 Å². The highest BCUT2D eigenvalue weighted by Crippen LogP contribution is 2.16. The number of hydrogen-bond acceptors (Lipinski definition) is 3. The van der Waals surface area contributed by atoms with E-state index in [0.717, 1.165) is 19.6 Å². The van der Waals surface area contributed by atoms with Crippen LogP contribution in [-0.2, 0) is 13.1 Å². The fourth-order valence-electron chi connectivity index (χ4n) is 2.39. The Labute approximate surface area is 121 Å². The molecule has 0 aliphatic heterocycles. The molecule has 0 radical (unpaired) electrons. The van der Waals surface area contributed by atoms with Crippen LogP contribution in [0.15, 0.2) is 42.9 Å². The lowest BCUT2D eigenvalue weighted by atomic mass is 10.1. The SMILES string of the molecule is CCn1cncc1CNCC(c1ccccc1)N(C)C. The van der Waals surface area contributed by atoms with Crippen molar-refractivity contribution in [2.45, 2.75) is 26.1 Å². The highest BCUT2D eigenvalue weighted by molar-refractivity contribution is 5.19. The molecule has 2 rings (SSSR count). The molecule has 108 valence electrons. The molecule has 0 saturated heterocycles. The van der Waals surface area contributed by atoms with Gasteiger partial charge in [0, 0.05) is 31.9 Å². The van der Waals surface area contributed by atoms with E-state index in [1.807, 2.05) is 12.5 Å². The molecule has 1 unspecified atom stereocenters. The first-order valence-electron chi connectivity index (χ1n) is 7.13. The Hall–Kier alpha value is -1.65. The number of nitrogens with one attached hydrogen (secondary N) is 1. The maximum Gasteiger partial charge on any atom is 0.0948 e. The lowest BCUT2D eigenvalue weighted by molar-refractivity contribution is 0.287. The third-order valence-corrected chi connectivity index (χ3v) is 3.59. The van der Waals surface area contributed by atoms with Crippen LogP contribution in [0.2, 0.25) is 0 Å². The molecule has 1 N–H and O–H groups in total. The standard InChI is InChI=1S/C16H24N4/c1-4-20-13-18-11-15(20)10-17-12-16(19(2)3)14-8-6-5-7-9-14/h5-9,11,13,16-17H,4,10,12H2,1-3H3. The highest BCUT2D eigenvalue weighted by atomic mass is 15.1. The van der Waals surface area contributed by atoms with Crippen LogP contribution < -0.4 is 5.32 Å². The smallest absolute Gasteiger partial charge is 0.0948 e. The second kappa shape index (κ2) is 7.22. The Morgan fingerprint density at radius 3 is 2.65 bits per heavy atom. The molecule has 0 aliphatic rings. The Kier molecular flexibility index (Phi) is 5.32. The van der Waals surface area contributed by atoms with Gasteiger partial charge in [0.1, 0.15) is 0 Å². The Morgan fingerprint density at radius 2 is 2.00 bits per heavy atom. The van der Waals surface area contributed by atoms with Gasteiger partial charge >= 0.3 is 0 Å². The first-order chi connectivity index (χ1) is 9.72. The molecular formula is C16H24N4. The summed E-state index contributed by atoms with van der Waals surface area (Å²) >= 11 is 0. The van der Waals surface area contributed by atoms with Crippen molar-refractivity contribution in [2.75, 3.05) is 20.6 Å². The minimum Gasteiger partial charge on any atom is -0.334 e. The molecule has 1 atom stereocenters. The molecule has 4 nitrogen and oxygen atoms in total. The second-order valence-electron chi connectivity index (χ2n) is 5.19. The number of likely N-dealkylation sites (N-methyl/N-ethyl adjacent to an activating group) is 1. The van der Waals surface area contributed by atoms with Gasteiger partial charge in [-0.2, -0.15) is 0 Å². The number of rotatable bonds is 7. The van der Waals surface area contributed by atoms with Gasteiger partial charge in [0.05, 0.1) is 12.0 Å². The number of aromatic nitrogens is 2. The van der Waals surface area contributed by atoms with Crippen LogP contribution in [0.1, 0.15) is 24.2 Å². The van der Waals surface area contributed by atoms with E-state index in [9.17, 15) is 0 Å². The lowest BCUT2D eigenvalue weighted by Gasteiger charge is -2.25. The maximum atomic E-state index is 4.20. The minimum atomic E-state index is 0.384. The van der Waals surface area contributed by atoms with Gasteiger partial charge in [0.15, 0.2) is 0 Å². The lowest BCUT2D eigenvalue weighted by Crippen LogP contribution is -2.31. The molecule has 4 heteroatoms. The van der Waals surface area contributed by atoms with Crippen molar-refractivity contribution in [3.63, 3.8) is 0 Å². The number of hydrogen-bond donors (Lipinski definition) is 1. The molecule has 0 bridgehead atoms. The second-order valence-corrected chi connectivity index (χ2v) is 5.19. The van der Waals surface area contributed by atoms with E-state index in [4.69, 9.17) is 0 Å². The molecule has 20 heavy (non-hydrogen) atoms. The Balaban J connectivity index is 1.94. The van der Waals surface area contributed by atoms with Crippen LogP contribution in [0.5, 0.6) is 0 Å². The van der Waals surface area contributed by atoms with E-state index in [0.29, 0.717) is 6.04 Å². The minimum absolute atomic E-state index is 0.384. The molecule has 0 aliphatic carbocycles. The first-order valence-corrected chi connectivity index (χ1v) is 7.13. The third-order valence-electron chi connectivity index (χ3n) is 3.59. The monoisotopic (exact) mass is 272 g/mol. The number of imidazole rings is 1. The van der Waals surface area contributed by atoms with Gasteiger partial charge in [0.2, 0.25) is 0 Å². The number of benzene rings is 1. The summed E-state index contributed by atoms with van der Waals surface area (Å²) < 4.78 is 2.17. The van der Waals surface area contributed by atoms with Crippen LogP contribution >= 0.6 is 0 Å². The zero-order valence-electron chi connectivity index (χ0n) is 12.6. The molecule has 0 spiro atoms. The molecule has 1 aromatic carbocycles. The summed E-state index contributed by atoms with van der Waals surface area (Å²) in [5.41, 5.74) is 2.58. The highest BCUT2D eigenvalue weighted by Gasteiger charge is 2.13. The van der Waals surface area contributed by atoms with Gasteiger partial charge in [-0.1, -0.05) is 30.3 Å². The molecule has 2 aromatic rings. The zero-order chi connectivity index (χ0) is 14.4. The zero-order valence-corrected chi connectivity index (χ0v) is 12.6. The van der Waals surface area contributed by atoms with Crippen molar-refractivity contribution in [3.8, 4) is 0 Å². The quantitative estimate of drug-likeness (QED) is 0.839. The Bertz CT molecular complexity index is 504. The predicted octanol–water partition coefficient (Wildman–Crippen LogP) is 2.30. The van der Waals surface area contributed by atoms with Gasteiger partial charge in [0.25, 0.3) is 0 Å². The van der Waals surface area contributed by atoms with Crippen molar-refractivity contribution >= 4 is 0 Å². The van der Waals surface area contributed by atoms with Crippen LogP contribution in [0.4, 0.5) is 0 Å². The van der Waals surface area contributed by atoms with Crippen molar-refractivity contribution in [1.29, 1.82) is 0 Å². The molecule has 0 amide bonds. The summed E-state index contributed by atoms with van der Waals surface area (Å²) in [7, 11) is 4.24. The van der Waals surface area contributed by atoms with Gasteiger partial charge in [-0.25, -0.2) is 4.98 Å². The summed E-state index contributed by atoms with van der Waals surface area (Å²) in [4.78, 5) is 6.45. The van der Waals surface area contributed by atoms with Crippen molar-refractivity contribution in [3.05, 3.63) is 54.1 Å². The largest absolute Gasteiger partial charge is 0.334 e. The molecule has 1 heterocycles. The average molecular weight is 272 g/mol. The number of aryl methyl sites for hydroxylation is 1. The fourth-order valence-corrected chi connectivity index (χ4v) is 2.39. The first kappa shape index (κ1) is 14.8. The fraction of sp³-hybridized carbons (Fsp3) is 0.438. The predicted molar refractivity (Wildman–Crippen MR) is 82.5 cm³/mol. The van der Waals surface area contributed by atoms with Gasteiger partial charge in [-0.15, -0.1) is 0 Å². The molecule has 1 aromatic heterocycles. The summed E-state index contributed by atoms with van der Waals surface area (Å²) in [6.45, 7) is 4.88. The van der Waals surface area contributed by atoms with E-state index >= 15 is 0 Å². The van der Waals surface area contributed by atoms with E-state index in [1.165, 1.54) is 11.3 Å². The molecule has 0 fully saturated rings. The Morgan fingerprint density at radius 1 is 1.25 bits per heavy atom.